The van der Waals surface area contributed by atoms with Gasteiger partial charge in [-0.3, -0.25) is 0 Å². The summed E-state index contributed by atoms with van der Waals surface area (Å²) in [5.41, 5.74) is 1.58. The molecule has 0 fully saturated rings. The topological polar surface area (TPSA) is 9.23 Å². The van der Waals surface area contributed by atoms with E-state index in [0.29, 0.717) is 0 Å². The van der Waals surface area contributed by atoms with Crippen LogP contribution in [-0.2, 0) is 5.41 Å². The van der Waals surface area contributed by atoms with Crippen LogP contribution in [0.4, 0.5) is 0 Å². The average molecular weight is 351 g/mol. The summed E-state index contributed by atoms with van der Waals surface area (Å²) in [5, 5.41) is 0. The van der Waals surface area contributed by atoms with Crippen molar-refractivity contribution in [1.29, 1.82) is 0 Å². The average Bonchev–Trinajstić information content (AvgIpc) is 2.55. The van der Waals surface area contributed by atoms with E-state index < -0.39 is 0 Å². The van der Waals surface area contributed by atoms with E-state index in [1.807, 2.05) is 0 Å². The number of ether oxygens (including phenoxy) is 1. The van der Waals surface area contributed by atoms with Crippen LogP contribution in [0.2, 0.25) is 0 Å². The van der Waals surface area contributed by atoms with Crippen molar-refractivity contribution in [2.24, 2.45) is 0 Å². The second-order valence-electron chi connectivity index (χ2n) is 7.64. The minimum Gasteiger partial charge on any atom is -0.492 e. The zero-order valence-electron chi connectivity index (χ0n) is 16.4. The van der Waals surface area contributed by atoms with E-state index >= 15 is 0 Å². The van der Waals surface area contributed by atoms with Gasteiger partial charge in [0.05, 0.1) is 6.61 Å². The second kappa shape index (κ2) is 11.8. The highest BCUT2D eigenvalue weighted by Crippen LogP contribution is 2.34. The number of hydrogen-bond donors (Lipinski definition) is 1. The van der Waals surface area contributed by atoms with Crippen LogP contribution in [0.1, 0.15) is 97.5 Å². The van der Waals surface area contributed by atoms with Crippen molar-refractivity contribution < 1.29 is 4.74 Å². The Morgan fingerprint density at radius 1 is 0.875 bits per heavy atom. The van der Waals surface area contributed by atoms with Gasteiger partial charge < -0.3 is 4.74 Å². The molecule has 0 amide bonds. The molecule has 0 heterocycles. The molecule has 1 rings (SSSR count). The Morgan fingerprint density at radius 2 is 1.50 bits per heavy atom. The molecule has 0 unspecified atom stereocenters. The molecule has 0 aliphatic rings. The van der Waals surface area contributed by atoms with Crippen LogP contribution in [0.5, 0.6) is 5.75 Å². The van der Waals surface area contributed by atoms with Crippen LogP contribution >= 0.6 is 12.6 Å². The van der Waals surface area contributed by atoms with Gasteiger partial charge in [0, 0.05) is 4.90 Å². The maximum absolute atomic E-state index is 5.93. The van der Waals surface area contributed by atoms with E-state index in [0.717, 1.165) is 23.7 Å². The Bertz CT molecular complexity index is 453. The molecule has 0 aromatic heterocycles. The summed E-state index contributed by atoms with van der Waals surface area (Å²) in [4.78, 5) is 0.974. The van der Waals surface area contributed by atoms with E-state index in [9.17, 15) is 0 Å². The fourth-order valence-corrected chi connectivity index (χ4v) is 3.36. The highest BCUT2D eigenvalue weighted by Gasteiger charge is 2.20. The highest BCUT2D eigenvalue weighted by atomic mass is 32.1. The van der Waals surface area contributed by atoms with Crippen LogP contribution in [0.15, 0.2) is 23.1 Å². The molecule has 24 heavy (non-hydrogen) atoms. The van der Waals surface area contributed by atoms with Gasteiger partial charge in [0.2, 0.25) is 0 Å². The third kappa shape index (κ3) is 7.96. The molecule has 0 N–H and O–H groups in total. The second-order valence-corrected chi connectivity index (χ2v) is 8.12. The third-order valence-electron chi connectivity index (χ3n) is 4.90. The van der Waals surface area contributed by atoms with Crippen molar-refractivity contribution in [3.05, 3.63) is 23.8 Å². The largest absolute Gasteiger partial charge is 0.492 e. The number of thiol groups is 1. The van der Waals surface area contributed by atoms with E-state index in [1.165, 1.54) is 63.4 Å². The van der Waals surface area contributed by atoms with Crippen molar-refractivity contribution in [2.45, 2.75) is 102 Å². The number of hydrogen-bond acceptors (Lipinski definition) is 2. The third-order valence-corrected chi connectivity index (χ3v) is 5.25. The van der Waals surface area contributed by atoms with Crippen molar-refractivity contribution in [3.8, 4) is 5.75 Å². The van der Waals surface area contributed by atoms with E-state index in [-0.39, 0.29) is 5.41 Å². The maximum Gasteiger partial charge on any atom is 0.132 e. The summed E-state index contributed by atoms with van der Waals surface area (Å²) in [6, 6.07) is 6.53. The number of benzene rings is 1. The molecule has 0 bridgehead atoms. The summed E-state index contributed by atoms with van der Waals surface area (Å²) < 4.78 is 5.93. The van der Waals surface area contributed by atoms with Crippen LogP contribution in [0, 0.1) is 0 Å². The SMILES string of the molecule is CCCCCCCCOc1ccc(C(C)(C)CCCCC)cc1S. The molecule has 0 saturated carbocycles. The maximum atomic E-state index is 5.93. The zero-order chi connectivity index (χ0) is 17.8. The molecule has 0 radical (unpaired) electrons. The fourth-order valence-electron chi connectivity index (χ4n) is 3.09. The monoisotopic (exact) mass is 350 g/mol. The van der Waals surface area contributed by atoms with Gasteiger partial charge in [0.15, 0.2) is 0 Å². The van der Waals surface area contributed by atoms with Gasteiger partial charge in [-0.15, -0.1) is 12.6 Å². The highest BCUT2D eigenvalue weighted by molar-refractivity contribution is 7.80. The quantitative estimate of drug-likeness (QED) is 0.285. The molecule has 138 valence electrons. The lowest BCUT2D eigenvalue weighted by Crippen LogP contribution is -2.17. The first-order valence-corrected chi connectivity index (χ1v) is 10.4. The van der Waals surface area contributed by atoms with E-state index in [4.69, 9.17) is 4.74 Å². The van der Waals surface area contributed by atoms with Crippen LogP contribution in [0.3, 0.4) is 0 Å². The van der Waals surface area contributed by atoms with Gasteiger partial charge in [-0.05, 0) is 36.0 Å². The van der Waals surface area contributed by atoms with Crippen LogP contribution in [0.25, 0.3) is 0 Å². The van der Waals surface area contributed by atoms with Crippen molar-refractivity contribution in [2.75, 3.05) is 6.61 Å². The number of rotatable bonds is 13. The standard InChI is InChI=1S/C22H38OS/c1-5-7-9-10-11-13-17-23-20-15-14-19(18-21(20)24)22(3,4)16-12-8-6-2/h14-15,18,24H,5-13,16-17H2,1-4H3. The lowest BCUT2D eigenvalue weighted by molar-refractivity contribution is 0.297. The molecule has 1 aromatic rings. The molecule has 0 atom stereocenters. The normalized spacial score (nSPS) is 11.7. The van der Waals surface area contributed by atoms with Crippen molar-refractivity contribution in [1.82, 2.24) is 0 Å². The lowest BCUT2D eigenvalue weighted by Gasteiger charge is -2.26. The van der Waals surface area contributed by atoms with E-state index in [2.05, 4.69) is 58.5 Å². The molecule has 0 saturated heterocycles. The summed E-state index contributed by atoms with van der Waals surface area (Å²) in [7, 11) is 0. The molecule has 0 aliphatic heterocycles. The van der Waals surface area contributed by atoms with Gasteiger partial charge in [0.25, 0.3) is 0 Å². The predicted molar refractivity (Wildman–Crippen MR) is 110 cm³/mol. The van der Waals surface area contributed by atoms with Crippen LogP contribution in [-0.4, -0.2) is 6.61 Å². The molecular weight excluding hydrogens is 312 g/mol. The number of unbranched alkanes of at least 4 members (excludes halogenated alkanes) is 7. The van der Waals surface area contributed by atoms with Gasteiger partial charge in [-0.25, -0.2) is 0 Å². The minimum absolute atomic E-state index is 0.213. The Morgan fingerprint density at radius 3 is 2.17 bits per heavy atom. The van der Waals surface area contributed by atoms with E-state index in [1.54, 1.807) is 0 Å². The van der Waals surface area contributed by atoms with Gasteiger partial charge in [0.1, 0.15) is 5.75 Å². The first-order valence-electron chi connectivity index (χ1n) is 9.97. The first-order chi connectivity index (χ1) is 11.5. The smallest absolute Gasteiger partial charge is 0.132 e. The Kier molecular flexibility index (Phi) is 10.6. The summed E-state index contributed by atoms with van der Waals surface area (Å²) in [6.45, 7) is 9.99. The fraction of sp³-hybridized carbons (Fsp3) is 0.727. The van der Waals surface area contributed by atoms with Crippen molar-refractivity contribution in [3.63, 3.8) is 0 Å². The Labute approximate surface area is 156 Å². The van der Waals surface area contributed by atoms with Crippen molar-refractivity contribution >= 4 is 12.6 Å². The van der Waals surface area contributed by atoms with Gasteiger partial charge in [-0.1, -0.05) is 85.1 Å². The predicted octanol–water partition coefficient (Wildman–Crippen LogP) is 7.57. The molecule has 0 aliphatic carbocycles. The minimum atomic E-state index is 0.213. The summed E-state index contributed by atoms with van der Waals surface area (Å²) in [5.74, 6) is 0.931. The molecule has 1 aromatic carbocycles. The zero-order valence-corrected chi connectivity index (χ0v) is 17.3. The molecule has 0 spiro atoms. The molecule has 2 heteroatoms. The Hall–Kier alpha value is -0.630. The molecule has 1 nitrogen and oxygen atoms in total. The molecular formula is C22H38OS. The summed E-state index contributed by atoms with van der Waals surface area (Å²) in [6.07, 6.45) is 12.9. The van der Waals surface area contributed by atoms with Gasteiger partial charge >= 0.3 is 0 Å². The Balaban J connectivity index is 2.43. The lowest BCUT2D eigenvalue weighted by atomic mass is 9.80. The van der Waals surface area contributed by atoms with Crippen LogP contribution < -0.4 is 4.74 Å². The summed E-state index contributed by atoms with van der Waals surface area (Å²) >= 11 is 4.66. The van der Waals surface area contributed by atoms with Gasteiger partial charge in [-0.2, -0.15) is 0 Å². The first kappa shape index (κ1) is 21.4.